The minimum atomic E-state index is 0.311. The van der Waals surface area contributed by atoms with Gasteiger partial charge in [-0.25, -0.2) is 9.97 Å². The third-order valence-corrected chi connectivity index (χ3v) is 4.76. The number of furan rings is 1. The van der Waals surface area contributed by atoms with Crippen LogP contribution < -0.4 is 5.73 Å². The summed E-state index contributed by atoms with van der Waals surface area (Å²) in [5.74, 6) is 1.46. The van der Waals surface area contributed by atoms with Gasteiger partial charge >= 0.3 is 0 Å². The van der Waals surface area contributed by atoms with E-state index in [1.54, 1.807) is 23.5 Å². The third kappa shape index (κ3) is 3.45. The molecule has 0 atom stereocenters. The van der Waals surface area contributed by atoms with Crippen molar-refractivity contribution in [3.63, 3.8) is 0 Å². The first-order valence-corrected chi connectivity index (χ1v) is 9.07. The van der Waals surface area contributed by atoms with Gasteiger partial charge in [-0.3, -0.25) is 4.90 Å². The Balaban J connectivity index is 0.000000815. The molecule has 3 aromatic heterocycles. The first-order chi connectivity index (χ1) is 11.7. The number of halogens is 1. The van der Waals surface area contributed by atoms with Gasteiger partial charge in [-0.15, -0.1) is 11.3 Å². The molecule has 0 aromatic carbocycles. The Morgan fingerprint density at radius 3 is 2.67 bits per heavy atom. The topological polar surface area (TPSA) is 68.2 Å². The summed E-state index contributed by atoms with van der Waals surface area (Å²) in [5, 5.41) is 1.21. The molecule has 0 unspecified atom stereocenters. The molecule has 0 fully saturated rings. The number of rotatable bonds is 3. The minimum Gasteiger partial charge on any atom is -0.441 e. The van der Waals surface area contributed by atoms with E-state index < -0.39 is 0 Å². The van der Waals surface area contributed by atoms with Crippen molar-refractivity contribution in [2.45, 2.75) is 20.4 Å². The lowest BCUT2D eigenvalue weighted by Crippen LogP contribution is -2.18. The molecule has 0 spiro atoms. The van der Waals surface area contributed by atoms with Crippen molar-refractivity contribution in [1.29, 1.82) is 0 Å². The Morgan fingerprint density at radius 1 is 1.25 bits per heavy atom. The van der Waals surface area contributed by atoms with Gasteiger partial charge in [-0.2, -0.15) is 0 Å². The van der Waals surface area contributed by atoms with Crippen LogP contribution >= 0.6 is 22.9 Å². The maximum Gasteiger partial charge on any atom is 0.199 e. The zero-order valence-corrected chi connectivity index (χ0v) is 15.2. The van der Waals surface area contributed by atoms with Crippen LogP contribution in [-0.2, 0) is 6.54 Å². The first-order valence-electron chi connectivity index (χ1n) is 7.88. The van der Waals surface area contributed by atoms with Gasteiger partial charge in [0.25, 0.3) is 0 Å². The molecule has 0 amide bonds. The summed E-state index contributed by atoms with van der Waals surface area (Å²) in [6.45, 7) is 6.88. The lowest BCUT2D eigenvalue weighted by molar-refractivity contribution is 0.348. The summed E-state index contributed by atoms with van der Waals surface area (Å²) in [7, 11) is 0. The molecule has 0 aliphatic carbocycles. The second-order valence-corrected chi connectivity index (χ2v) is 6.62. The zero-order valence-electron chi connectivity index (χ0n) is 13.6. The molecule has 0 radical (unpaired) electrons. The molecular weight excluding hydrogens is 344 g/mol. The molecule has 4 heterocycles. The second kappa shape index (κ2) is 7.34. The highest BCUT2D eigenvalue weighted by Gasteiger charge is 2.15. The fraction of sp³-hybridized carbons (Fsp3) is 0.294. The van der Waals surface area contributed by atoms with E-state index in [2.05, 4.69) is 33.1 Å². The minimum absolute atomic E-state index is 0.311. The van der Waals surface area contributed by atoms with E-state index in [9.17, 15) is 0 Å². The maximum atomic E-state index is 6.08. The van der Waals surface area contributed by atoms with Crippen molar-refractivity contribution >= 4 is 39.0 Å². The number of thiophene rings is 1. The molecular formula is C17H19ClN4OS. The van der Waals surface area contributed by atoms with Crippen molar-refractivity contribution in [2.24, 2.45) is 0 Å². The van der Waals surface area contributed by atoms with Crippen molar-refractivity contribution in [3.05, 3.63) is 40.4 Å². The van der Waals surface area contributed by atoms with Crippen LogP contribution in [0, 0.1) is 0 Å². The molecule has 7 heteroatoms. The van der Waals surface area contributed by atoms with Crippen molar-refractivity contribution < 1.29 is 4.42 Å². The summed E-state index contributed by atoms with van der Waals surface area (Å²) in [6, 6.07) is 5.49. The third-order valence-electron chi connectivity index (χ3n) is 3.54. The van der Waals surface area contributed by atoms with Crippen LogP contribution in [0.1, 0.15) is 18.7 Å². The van der Waals surface area contributed by atoms with Gasteiger partial charge in [0.2, 0.25) is 0 Å². The van der Waals surface area contributed by atoms with Crippen LogP contribution in [0.15, 0.2) is 34.8 Å². The van der Waals surface area contributed by atoms with Crippen molar-refractivity contribution in [1.82, 2.24) is 14.9 Å². The van der Waals surface area contributed by atoms with Gasteiger partial charge < -0.3 is 10.2 Å². The molecule has 1 aliphatic rings. The Labute approximate surface area is 149 Å². The molecule has 126 valence electrons. The molecule has 3 aromatic rings. The van der Waals surface area contributed by atoms with Gasteiger partial charge in [0.05, 0.1) is 5.39 Å². The molecule has 24 heavy (non-hydrogen) atoms. The Hall–Kier alpha value is -1.89. The monoisotopic (exact) mass is 362 g/mol. The van der Waals surface area contributed by atoms with Crippen LogP contribution in [0.5, 0.6) is 0 Å². The number of nitrogens with two attached hydrogens (primary N) is 1. The van der Waals surface area contributed by atoms with Crippen molar-refractivity contribution in [2.75, 3.05) is 18.8 Å². The van der Waals surface area contributed by atoms with Gasteiger partial charge in [-0.05, 0) is 29.8 Å². The highest BCUT2D eigenvalue weighted by atomic mass is 35.5. The van der Waals surface area contributed by atoms with Gasteiger partial charge in [0.15, 0.2) is 16.8 Å². The summed E-state index contributed by atoms with van der Waals surface area (Å²) in [6.07, 6.45) is 4.36. The normalized spacial score (nSPS) is 14.1. The Morgan fingerprint density at radius 2 is 2.00 bits per heavy atom. The highest BCUT2D eigenvalue weighted by molar-refractivity contribution is 7.18. The Bertz CT molecular complexity index is 863. The van der Waals surface area contributed by atoms with E-state index in [1.807, 2.05) is 13.8 Å². The lowest BCUT2D eigenvalue weighted by atomic mass is 10.3. The number of aromatic nitrogens is 2. The van der Waals surface area contributed by atoms with Crippen LogP contribution in [0.4, 0.5) is 5.82 Å². The number of fused-ring (bicyclic) bond motifs is 1. The first kappa shape index (κ1) is 17.0. The maximum absolute atomic E-state index is 6.08. The summed E-state index contributed by atoms with van der Waals surface area (Å²) < 4.78 is 5.36. The molecule has 5 nitrogen and oxygen atoms in total. The predicted molar refractivity (Wildman–Crippen MR) is 100 cm³/mol. The molecule has 0 saturated heterocycles. The molecule has 1 aliphatic heterocycles. The average molecular weight is 363 g/mol. The van der Waals surface area contributed by atoms with E-state index >= 15 is 0 Å². The van der Waals surface area contributed by atoms with E-state index in [1.165, 1.54) is 4.88 Å². The second-order valence-electron chi connectivity index (χ2n) is 5.13. The summed E-state index contributed by atoms with van der Waals surface area (Å²) in [4.78, 5) is 13.3. The van der Waals surface area contributed by atoms with E-state index in [0.717, 1.165) is 29.9 Å². The quantitative estimate of drug-likeness (QED) is 0.690. The number of anilines is 1. The molecule has 2 N–H and O–H groups in total. The number of hydrogen-bond acceptors (Lipinski definition) is 6. The van der Waals surface area contributed by atoms with Crippen LogP contribution in [0.3, 0.4) is 0 Å². The summed E-state index contributed by atoms with van der Waals surface area (Å²) in [5.41, 5.74) is 6.08. The number of nitrogen functional groups attached to an aromatic ring is 1. The fourth-order valence-electron chi connectivity index (χ4n) is 2.49. The number of nitrogens with zero attached hydrogens (tertiary/aromatic N) is 3. The fourth-order valence-corrected chi connectivity index (χ4v) is 3.71. The van der Waals surface area contributed by atoms with E-state index in [-0.39, 0.29) is 0 Å². The van der Waals surface area contributed by atoms with Gasteiger partial charge in [0.1, 0.15) is 10.6 Å². The largest absolute Gasteiger partial charge is 0.441 e. The summed E-state index contributed by atoms with van der Waals surface area (Å²) >= 11 is 7.44. The smallest absolute Gasteiger partial charge is 0.199 e. The number of hydrogen-bond donors (Lipinski definition) is 1. The van der Waals surface area contributed by atoms with Crippen LogP contribution in [0.2, 0.25) is 5.22 Å². The van der Waals surface area contributed by atoms with Crippen LogP contribution in [0.25, 0.3) is 21.8 Å². The molecule has 4 rings (SSSR count). The SMILES string of the molecule is CC.Nc1nc(-c2ccc(Cl)o2)nc2sc(CN3CC=CC3)cc12. The van der Waals surface area contributed by atoms with Crippen LogP contribution in [-0.4, -0.2) is 28.0 Å². The lowest BCUT2D eigenvalue weighted by Gasteiger charge is -2.12. The van der Waals surface area contributed by atoms with Gasteiger partial charge in [0, 0.05) is 24.5 Å². The molecule has 0 bridgehead atoms. The predicted octanol–water partition coefficient (Wildman–Crippen LogP) is 4.58. The van der Waals surface area contributed by atoms with Crippen molar-refractivity contribution in [3.8, 4) is 11.6 Å². The zero-order chi connectivity index (χ0) is 17.1. The Kier molecular flexibility index (Phi) is 5.18. The van der Waals surface area contributed by atoms with Gasteiger partial charge in [-0.1, -0.05) is 26.0 Å². The van der Waals surface area contributed by atoms with E-state index in [4.69, 9.17) is 21.8 Å². The standard InChI is InChI=1S/C15H13ClN4OS.C2H6/c16-12-4-3-11(21-12)14-18-13(17)10-7-9(22-15(10)19-14)8-20-5-1-2-6-20;1-2/h1-4,7H,5-6,8H2,(H2,17,18,19);1-2H3. The average Bonchev–Trinajstić information content (AvgIpc) is 3.30. The van der Waals surface area contributed by atoms with E-state index in [0.29, 0.717) is 22.6 Å². The molecule has 0 saturated carbocycles. The highest BCUT2D eigenvalue weighted by Crippen LogP contribution is 2.31.